The lowest BCUT2D eigenvalue weighted by Crippen LogP contribution is -2.44. The van der Waals surface area contributed by atoms with Crippen LogP contribution in [0.5, 0.6) is 0 Å². The average molecular weight is 265 g/mol. The topological polar surface area (TPSA) is 80.3 Å². The molecule has 1 aromatic heterocycles. The fraction of sp³-hybridized carbons (Fsp3) is 0.462. The Morgan fingerprint density at radius 1 is 1.37 bits per heavy atom. The van der Waals surface area contributed by atoms with Crippen LogP contribution in [-0.4, -0.2) is 30.1 Å². The zero-order valence-electron chi connectivity index (χ0n) is 11.3. The number of nitrogens with one attached hydrogen (secondary N) is 2. The first-order valence-corrected chi connectivity index (χ1v) is 6.09. The van der Waals surface area contributed by atoms with Gasteiger partial charge in [-0.25, -0.2) is 14.6 Å². The molecule has 0 aliphatic carbocycles. The van der Waals surface area contributed by atoms with Gasteiger partial charge in [-0.15, -0.1) is 0 Å². The number of anilines is 1. The second-order valence-corrected chi connectivity index (χ2v) is 4.52. The van der Waals surface area contributed by atoms with Crippen LogP contribution in [0.3, 0.4) is 0 Å². The van der Waals surface area contributed by atoms with Crippen molar-refractivity contribution in [1.82, 2.24) is 10.3 Å². The lowest BCUT2D eigenvalue weighted by Gasteiger charge is -2.18. The van der Waals surface area contributed by atoms with E-state index in [4.69, 9.17) is 0 Å². The van der Waals surface area contributed by atoms with Gasteiger partial charge >= 0.3 is 12.0 Å². The Morgan fingerprint density at radius 2 is 2.11 bits per heavy atom. The summed E-state index contributed by atoms with van der Waals surface area (Å²) in [6.45, 7) is 3.93. The van der Waals surface area contributed by atoms with Gasteiger partial charge in [0.25, 0.3) is 0 Å². The van der Waals surface area contributed by atoms with Crippen LogP contribution < -0.4 is 10.6 Å². The molecule has 1 aromatic rings. The van der Waals surface area contributed by atoms with E-state index in [9.17, 15) is 9.59 Å². The molecule has 0 saturated carbocycles. The number of ether oxygens (including phenoxy) is 1. The van der Waals surface area contributed by atoms with Crippen molar-refractivity contribution in [2.24, 2.45) is 5.92 Å². The molecule has 0 aliphatic rings. The van der Waals surface area contributed by atoms with Gasteiger partial charge in [0.2, 0.25) is 0 Å². The number of amides is 2. The molecule has 104 valence electrons. The number of carbonyl (C=O) groups is 2. The highest BCUT2D eigenvalue weighted by molar-refractivity contribution is 5.91. The molecule has 1 unspecified atom stereocenters. The highest BCUT2D eigenvalue weighted by Crippen LogP contribution is 2.07. The molecule has 19 heavy (non-hydrogen) atoms. The van der Waals surface area contributed by atoms with Crippen LogP contribution >= 0.6 is 0 Å². The molecule has 2 N–H and O–H groups in total. The van der Waals surface area contributed by atoms with Crippen LogP contribution in [-0.2, 0) is 9.53 Å². The van der Waals surface area contributed by atoms with Crippen LogP contribution in [0.25, 0.3) is 0 Å². The van der Waals surface area contributed by atoms with Gasteiger partial charge < -0.3 is 10.1 Å². The van der Waals surface area contributed by atoms with E-state index in [0.29, 0.717) is 12.2 Å². The number of esters is 1. The lowest BCUT2D eigenvalue weighted by atomic mass is 10.0. The fourth-order valence-electron chi connectivity index (χ4n) is 1.58. The van der Waals surface area contributed by atoms with Gasteiger partial charge in [0, 0.05) is 6.20 Å². The van der Waals surface area contributed by atoms with Crippen LogP contribution in [0.2, 0.25) is 0 Å². The highest BCUT2D eigenvalue weighted by atomic mass is 16.5. The van der Waals surface area contributed by atoms with E-state index in [1.165, 1.54) is 7.11 Å². The Morgan fingerprint density at radius 3 is 2.63 bits per heavy atom. The largest absolute Gasteiger partial charge is 0.467 e. The van der Waals surface area contributed by atoms with E-state index in [2.05, 4.69) is 20.4 Å². The van der Waals surface area contributed by atoms with Crippen LogP contribution in [0.1, 0.15) is 20.3 Å². The molecule has 0 fully saturated rings. The predicted molar refractivity (Wildman–Crippen MR) is 71.7 cm³/mol. The summed E-state index contributed by atoms with van der Waals surface area (Å²) < 4.78 is 4.67. The van der Waals surface area contributed by atoms with Gasteiger partial charge in [-0.1, -0.05) is 19.9 Å². The van der Waals surface area contributed by atoms with Crippen molar-refractivity contribution in [3.8, 4) is 0 Å². The van der Waals surface area contributed by atoms with Crippen LogP contribution in [0.15, 0.2) is 24.4 Å². The summed E-state index contributed by atoms with van der Waals surface area (Å²) >= 11 is 0. The van der Waals surface area contributed by atoms with Crippen molar-refractivity contribution in [3.05, 3.63) is 24.4 Å². The van der Waals surface area contributed by atoms with E-state index in [-0.39, 0.29) is 5.92 Å². The third-order valence-electron chi connectivity index (χ3n) is 2.40. The Kier molecular flexibility index (Phi) is 5.78. The third kappa shape index (κ3) is 5.37. The molecule has 0 spiro atoms. The second kappa shape index (κ2) is 7.35. The van der Waals surface area contributed by atoms with Crippen LogP contribution in [0.4, 0.5) is 10.6 Å². The van der Waals surface area contributed by atoms with Gasteiger partial charge in [0.1, 0.15) is 11.9 Å². The molecule has 6 heteroatoms. The minimum atomic E-state index is -0.659. The number of hydrogen-bond donors (Lipinski definition) is 2. The maximum Gasteiger partial charge on any atom is 0.328 e. The van der Waals surface area contributed by atoms with Crippen molar-refractivity contribution in [2.45, 2.75) is 26.3 Å². The summed E-state index contributed by atoms with van der Waals surface area (Å²) in [6, 6.07) is 4.03. The quantitative estimate of drug-likeness (QED) is 0.795. The fourth-order valence-corrected chi connectivity index (χ4v) is 1.58. The third-order valence-corrected chi connectivity index (χ3v) is 2.40. The summed E-state index contributed by atoms with van der Waals surface area (Å²) in [4.78, 5) is 27.3. The maximum absolute atomic E-state index is 11.8. The minimum Gasteiger partial charge on any atom is -0.467 e. The number of carbonyl (C=O) groups excluding carboxylic acids is 2. The Bertz CT molecular complexity index is 420. The lowest BCUT2D eigenvalue weighted by molar-refractivity contribution is -0.143. The molecular formula is C13H19N3O3. The van der Waals surface area contributed by atoms with Gasteiger partial charge in [-0.3, -0.25) is 5.32 Å². The van der Waals surface area contributed by atoms with Crippen molar-refractivity contribution < 1.29 is 14.3 Å². The maximum atomic E-state index is 11.8. The van der Waals surface area contributed by atoms with Gasteiger partial charge in [0.05, 0.1) is 7.11 Å². The average Bonchev–Trinajstić information content (AvgIpc) is 2.37. The zero-order chi connectivity index (χ0) is 14.3. The molecule has 0 aromatic carbocycles. The SMILES string of the molecule is COC(=O)C(CC(C)C)NC(=O)Nc1ccccn1. The molecule has 0 saturated heterocycles. The van der Waals surface area contributed by atoms with Crippen molar-refractivity contribution in [3.63, 3.8) is 0 Å². The highest BCUT2D eigenvalue weighted by Gasteiger charge is 2.22. The molecular weight excluding hydrogens is 246 g/mol. The van der Waals surface area contributed by atoms with Crippen molar-refractivity contribution in [2.75, 3.05) is 12.4 Å². The molecule has 6 nitrogen and oxygen atoms in total. The first-order valence-electron chi connectivity index (χ1n) is 6.09. The van der Waals surface area contributed by atoms with Gasteiger partial charge in [-0.05, 0) is 24.5 Å². The van der Waals surface area contributed by atoms with Crippen molar-refractivity contribution in [1.29, 1.82) is 0 Å². The first-order chi connectivity index (χ1) is 9.02. The van der Waals surface area contributed by atoms with E-state index in [1.54, 1.807) is 24.4 Å². The molecule has 1 heterocycles. The van der Waals surface area contributed by atoms with E-state index >= 15 is 0 Å². The first kappa shape index (κ1) is 14.9. The zero-order valence-corrected chi connectivity index (χ0v) is 11.3. The van der Waals surface area contributed by atoms with Crippen LogP contribution in [0, 0.1) is 5.92 Å². The van der Waals surface area contributed by atoms with E-state index in [1.807, 2.05) is 13.8 Å². The number of hydrogen-bond acceptors (Lipinski definition) is 4. The number of urea groups is 1. The minimum absolute atomic E-state index is 0.263. The standard InChI is InChI=1S/C13H19N3O3/c1-9(2)8-10(12(17)19-3)15-13(18)16-11-6-4-5-7-14-11/h4-7,9-10H,8H2,1-3H3,(H2,14,15,16,18). The smallest absolute Gasteiger partial charge is 0.328 e. The van der Waals surface area contributed by atoms with E-state index < -0.39 is 18.0 Å². The summed E-state index contributed by atoms with van der Waals surface area (Å²) in [6.07, 6.45) is 2.09. The summed E-state index contributed by atoms with van der Waals surface area (Å²) in [5.41, 5.74) is 0. The Hall–Kier alpha value is -2.11. The summed E-state index contributed by atoms with van der Waals surface area (Å²) in [5.74, 6) is 0.234. The molecule has 1 atom stereocenters. The number of pyridine rings is 1. The number of methoxy groups -OCH3 is 1. The molecule has 1 rings (SSSR count). The molecule has 0 aliphatic heterocycles. The summed E-state index contributed by atoms with van der Waals surface area (Å²) in [5, 5.41) is 5.14. The van der Waals surface area contributed by atoms with Crippen molar-refractivity contribution >= 4 is 17.8 Å². The molecule has 2 amide bonds. The number of nitrogens with zero attached hydrogens (tertiary/aromatic N) is 1. The molecule has 0 bridgehead atoms. The monoisotopic (exact) mass is 265 g/mol. The number of aromatic nitrogens is 1. The number of rotatable bonds is 5. The van der Waals surface area contributed by atoms with Gasteiger partial charge in [-0.2, -0.15) is 0 Å². The molecule has 0 radical (unpaired) electrons. The normalized spacial score (nSPS) is 11.8. The van der Waals surface area contributed by atoms with E-state index in [0.717, 1.165) is 0 Å². The van der Waals surface area contributed by atoms with Gasteiger partial charge in [0.15, 0.2) is 0 Å². The predicted octanol–water partition coefficient (Wildman–Crippen LogP) is 1.79. The summed E-state index contributed by atoms with van der Waals surface area (Å²) in [7, 11) is 1.30. The Labute approximate surface area is 112 Å². The Balaban J connectivity index is 2.58. The second-order valence-electron chi connectivity index (χ2n) is 4.52.